The summed E-state index contributed by atoms with van der Waals surface area (Å²) in [6.07, 6.45) is 2.17. The van der Waals surface area contributed by atoms with Gasteiger partial charge in [-0.2, -0.15) is 0 Å². The molecule has 3 rings (SSSR count). The molecule has 1 aromatic carbocycles. The van der Waals surface area contributed by atoms with Gasteiger partial charge in [0.1, 0.15) is 5.82 Å². The second-order valence-corrected chi connectivity index (χ2v) is 5.76. The summed E-state index contributed by atoms with van der Waals surface area (Å²) in [7, 11) is 0. The number of anilines is 1. The number of para-hydroxylation sites is 1. The third kappa shape index (κ3) is 2.33. The van der Waals surface area contributed by atoms with Crippen LogP contribution in [0.4, 0.5) is 11.5 Å². The van der Waals surface area contributed by atoms with Gasteiger partial charge in [-0.3, -0.25) is 10.1 Å². The number of aromatic nitrogens is 2. The van der Waals surface area contributed by atoms with Gasteiger partial charge in [0.2, 0.25) is 0 Å². The summed E-state index contributed by atoms with van der Waals surface area (Å²) in [5.41, 5.74) is 7.23. The first-order chi connectivity index (χ1) is 9.58. The zero-order chi connectivity index (χ0) is 14.3. The molecule has 1 aliphatic carbocycles. The van der Waals surface area contributed by atoms with Crippen LogP contribution in [0.3, 0.4) is 0 Å². The van der Waals surface area contributed by atoms with E-state index in [2.05, 4.69) is 32.6 Å². The topological polar surface area (TPSA) is 94.9 Å². The van der Waals surface area contributed by atoms with Crippen LogP contribution in [0.5, 0.6) is 0 Å². The number of hydrogen-bond donors (Lipinski definition) is 1. The van der Waals surface area contributed by atoms with E-state index < -0.39 is 4.92 Å². The predicted octanol–water partition coefficient (Wildman–Crippen LogP) is 3.12. The molecule has 7 heteroatoms. The number of nitro groups is 1. The molecule has 102 valence electrons. The number of nitrogen functional groups attached to an aromatic ring is 1. The monoisotopic (exact) mass is 382 g/mol. The average molecular weight is 382 g/mol. The highest BCUT2D eigenvalue weighted by Gasteiger charge is 2.30. The van der Waals surface area contributed by atoms with Crippen LogP contribution in [0.15, 0.2) is 24.3 Å². The molecule has 6 nitrogen and oxygen atoms in total. The molecule has 0 radical (unpaired) electrons. The van der Waals surface area contributed by atoms with Crippen LogP contribution >= 0.6 is 22.6 Å². The van der Waals surface area contributed by atoms with Crippen LogP contribution in [-0.2, 0) is 0 Å². The Morgan fingerprint density at radius 1 is 1.30 bits per heavy atom. The molecule has 0 amide bonds. The van der Waals surface area contributed by atoms with Crippen LogP contribution in [-0.4, -0.2) is 14.9 Å². The van der Waals surface area contributed by atoms with E-state index in [1.54, 1.807) is 18.2 Å². The lowest BCUT2D eigenvalue weighted by molar-refractivity contribution is -0.384. The van der Waals surface area contributed by atoms with E-state index in [0.29, 0.717) is 23.1 Å². The fourth-order valence-corrected chi connectivity index (χ4v) is 2.73. The molecule has 0 unspecified atom stereocenters. The van der Waals surface area contributed by atoms with Gasteiger partial charge in [-0.05, 0) is 41.5 Å². The predicted molar refractivity (Wildman–Crippen MR) is 83.2 cm³/mol. The fraction of sp³-hybridized carbons (Fsp3) is 0.231. The number of hydrogen-bond acceptors (Lipinski definition) is 5. The molecule has 2 N–H and O–H groups in total. The van der Waals surface area contributed by atoms with Gasteiger partial charge in [0.05, 0.1) is 19.8 Å². The smallest absolute Gasteiger partial charge is 0.280 e. The van der Waals surface area contributed by atoms with E-state index in [0.717, 1.165) is 22.1 Å². The standard InChI is InChI=1S/C13H11IN4O2/c14-10-11(7-5-6-7)16-13(17-12(10)15)8-3-1-2-4-9(8)18(19)20/h1-4,7H,5-6H2,(H2,15,16,17). The first kappa shape index (κ1) is 13.2. The van der Waals surface area contributed by atoms with Crippen molar-refractivity contribution in [2.75, 3.05) is 5.73 Å². The molecule has 2 aromatic rings. The van der Waals surface area contributed by atoms with Crippen molar-refractivity contribution in [3.63, 3.8) is 0 Å². The second kappa shape index (κ2) is 4.97. The molecular formula is C13H11IN4O2. The molecule has 1 fully saturated rings. The minimum absolute atomic E-state index is 0.00476. The van der Waals surface area contributed by atoms with Crippen molar-refractivity contribution >= 4 is 34.1 Å². The van der Waals surface area contributed by atoms with Crippen LogP contribution in [0, 0.1) is 13.7 Å². The van der Waals surface area contributed by atoms with Gasteiger partial charge < -0.3 is 5.73 Å². The van der Waals surface area contributed by atoms with Crippen molar-refractivity contribution in [3.05, 3.63) is 43.6 Å². The van der Waals surface area contributed by atoms with Crippen molar-refractivity contribution in [2.24, 2.45) is 0 Å². The molecule has 1 aromatic heterocycles. The van der Waals surface area contributed by atoms with E-state index in [1.165, 1.54) is 6.07 Å². The van der Waals surface area contributed by atoms with Crippen LogP contribution in [0.2, 0.25) is 0 Å². The van der Waals surface area contributed by atoms with E-state index in [9.17, 15) is 10.1 Å². The Hall–Kier alpha value is -1.77. The molecule has 1 heterocycles. The zero-order valence-electron chi connectivity index (χ0n) is 10.4. The van der Waals surface area contributed by atoms with E-state index >= 15 is 0 Å². The normalized spacial score (nSPS) is 14.2. The Labute approximate surface area is 128 Å². The summed E-state index contributed by atoms with van der Waals surface area (Å²) < 4.78 is 0.854. The van der Waals surface area contributed by atoms with Crippen molar-refractivity contribution in [1.29, 1.82) is 0 Å². The lowest BCUT2D eigenvalue weighted by Gasteiger charge is -2.08. The van der Waals surface area contributed by atoms with Gasteiger partial charge in [-0.15, -0.1) is 0 Å². The van der Waals surface area contributed by atoms with Crippen molar-refractivity contribution in [3.8, 4) is 11.4 Å². The number of halogens is 1. The molecule has 0 atom stereocenters. The Kier molecular flexibility index (Phi) is 3.28. The summed E-state index contributed by atoms with van der Waals surface area (Å²) in [6, 6.07) is 6.45. The minimum atomic E-state index is -0.427. The van der Waals surface area contributed by atoms with Crippen LogP contribution < -0.4 is 5.73 Å². The highest BCUT2D eigenvalue weighted by Crippen LogP contribution is 2.42. The van der Waals surface area contributed by atoms with E-state index in [1.807, 2.05) is 0 Å². The van der Waals surface area contributed by atoms with Gasteiger partial charge in [0.15, 0.2) is 5.82 Å². The maximum atomic E-state index is 11.1. The van der Waals surface area contributed by atoms with Crippen LogP contribution in [0.25, 0.3) is 11.4 Å². The first-order valence-electron chi connectivity index (χ1n) is 6.14. The summed E-state index contributed by atoms with van der Waals surface area (Å²) >= 11 is 2.13. The van der Waals surface area contributed by atoms with Crippen molar-refractivity contribution in [1.82, 2.24) is 9.97 Å². The Bertz CT molecular complexity index is 701. The quantitative estimate of drug-likeness (QED) is 0.500. The van der Waals surface area contributed by atoms with Gasteiger partial charge in [0.25, 0.3) is 5.69 Å². The Morgan fingerprint density at radius 3 is 2.65 bits per heavy atom. The molecule has 0 bridgehead atoms. The average Bonchev–Trinajstić information content (AvgIpc) is 3.26. The minimum Gasteiger partial charge on any atom is -0.383 e. The number of nitro benzene ring substituents is 1. The first-order valence-corrected chi connectivity index (χ1v) is 7.22. The van der Waals surface area contributed by atoms with E-state index in [4.69, 9.17) is 5.73 Å². The van der Waals surface area contributed by atoms with Crippen molar-refractivity contribution < 1.29 is 4.92 Å². The molecule has 20 heavy (non-hydrogen) atoms. The Balaban J connectivity index is 2.18. The highest BCUT2D eigenvalue weighted by atomic mass is 127. The number of nitrogens with two attached hydrogens (primary N) is 1. The molecule has 1 saturated carbocycles. The number of rotatable bonds is 3. The third-order valence-electron chi connectivity index (χ3n) is 3.21. The molecule has 1 aliphatic rings. The fourth-order valence-electron chi connectivity index (χ4n) is 2.05. The van der Waals surface area contributed by atoms with E-state index in [-0.39, 0.29) is 5.69 Å². The maximum absolute atomic E-state index is 11.1. The maximum Gasteiger partial charge on any atom is 0.280 e. The number of benzene rings is 1. The molecular weight excluding hydrogens is 371 g/mol. The summed E-state index contributed by atoms with van der Waals surface area (Å²) in [4.78, 5) is 19.4. The lowest BCUT2D eigenvalue weighted by Crippen LogP contribution is -2.05. The highest BCUT2D eigenvalue weighted by molar-refractivity contribution is 14.1. The summed E-state index contributed by atoms with van der Waals surface area (Å²) in [6.45, 7) is 0. The molecule has 0 saturated heterocycles. The summed E-state index contributed by atoms with van der Waals surface area (Å²) in [5.74, 6) is 1.13. The van der Waals surface area contributed by atoms with Gasteiger partial charge >= 0.3 is 0 Å². The van der Waals surface area contributed by atoms with Gasteiger partial charge in [0, 0.05) is 12.0 Å². The zero-order valence-corrected chi connectivity index (χ0v) is 12.6. The third-order valence-corrected chi connectivity index (χ3v) is 4.31. The Morgan fingerprint density at radius 2 is 2.00 bits per heavy atom. The van der Waals surface area contributed by atoms with Crippen LogP contribution in [0.1, 0.15) is 24.5 Å². The van der Waals surface area contributed by atoms with Gasteiger partial charge in [-0.25, -0.2) is 9.97 Å². The van der Waals surface area contributed by atoms with Crippen molar-refractivity contribution in [2.45, 2.75) is 18.8 Å². The number of nitrogens with zero attached hydrogens (tertiary/aromatic N) is 3. The van der Waals surface area contributed by atoms with Gasteiger partial charge in [-0.1, -0.05) is 12.1 Å². The largest absolute Gasteiger partial charge is 0.383 e. The second-order valence-electron chi connectivity index (χ2n) is 4.68. The summed E-state index contributed by atoms with van der Waals surface area (Å²) in [5, 5.41) is 11.1. The molecule has 0 spiro atoms. The molecule has 0 aliphatic heterocycles. The lowest BCUT2D eigenvalue weighted by atomic mass is 10.1. The SMILES string of the molecule is Nc1nc(-c2ccccc2[N+](=O)[O-])nc(C2CC2)c1I.